The lowest BCUT2D eigenvalue weighted by Crippen LogP contribution is -2.35. The lowest BCUT2D eigenvalue weighted by atomic mass is 9.64. The smallest absolute Gasteiger partial charge is 0.0510 e. The third kappa shape index (κ3) is 3.69. The van der Waals surface area contributed by atoms with Gasteiger partial charge in [0.05, 0.1) is 6.04 Å². The Morgan fingerprint density at radius 1 is 1.00 bits per heavy atom. The Hall–Kier alpha value is -1.11. The Bertz CT molecular complexity index is 398. The topological polar surface area (TPSA) is 12.4 Å². The van der Waals surface area contributed by atoms with Gasteiger partial charge >= 0.3 is 0 Å². The van der Waals surface area contributed by atoms with Gasteiger partial charge in [0, 0.05) is 6.21 Å². The minimum atomic E-state index is 0.417. The summed E-state index contributed by atoms with van der Waals surface area (Å²) in [4.78, 5) is 4.82. The van der Waals surface area contributed by atoms with Crippen LogP contribution in [0.5, 0.6) is 0 Å². The molecule has 18 heavy (non-hydrogen) atoms. The van der Waals surface area contributed by atoms with Crippen LogP contribution in [0.15, 0.2) is 35.3 Å². The average Bonchev–Trinajstić information content (AvgIpc) is 2.24. The van der Waals surface area contributed by atoms with E-state index in [1.807, 2.05) is 12.3 Å². The minimum absolute atomic E-state index is 0.417. The fourth-order valence-electron chi connectivity index (χ4n) is 3.62. The molecule has 0 unspecified atom stereocenters. The second-order valence-electron chi connectivity index (χ2n) is 7.26. The van der Waals surface area contributed by atoms with Crippen LogP contribution in [-0.4, -0.2) is 12.3 Å². The van der Waals surface area contributed by atoms with Crippen LogP contribution in [0.4, 0.5) is 0 Å². The van der Waals surface area contributed by atoms with E-state index >= 15 is 0 Å². The second kappa shape index (κ2) is 4.87. The molecule has 1 fully saturated rings. The Morgan fingerprint density at radius 2 is 1.56 bits per heavy atom. The maximum Gasteiger partial charge on any atom is 0.0510 e. The summed E-state index contributed by atoms with van der Waals surface area (Å²) in [5.41, 5.74) is 2.04. The molecule has 0 bridgehead atoms. The molecule has 1 aromatic rings. The average molecular weight is 243 g/mol. The van der Waals surface area contributed by atoms with Crippen molar-refractivity contribution in [3.05, 3.63) is 35.9 Å². The molecule has 0 spiro atoms. The van der Waals surface area contributed by atoms with Crippen molar-refractivity contribution in [2.45, 2.75) is 53.0 Å². The number of nitrogens with zero attached hydrogens (tertiary/aromatic N) is 1. The SMILES string of the molecule is CC1(C)CC(N=Cc2ccccc2)CC(C)(C)C1. The number of rotatable bonds is 2. The van der Waals surface area contributed by atoms with E-state index in [1.54, 1.807) is 0 Å². The molecule has 1 nitrogen and oxygen atoms in total. The standard InChI is InChI=1S/C17H25N/c1-16(2)10-15(11-17(3,4)13-16)18-12-14-8-6-5-7-9-14/h5-9,12,15H,10-11,13H2,1-4H3. The van der Waals surface area contributed by atoms with Crippen LogP contribution in [0.1, 0.15) is 52.5 Å². The molecule has 0 saturated heterocycles. The van der Waals surface area contributed by atoms with Crippen LogP contribution in [-0.2, 0) is 0 Å². The van der Waals surface area contributed by atoms with Gasteiger partial charge in [-0.3, -0.25) is 4.99 Å². The van der Waals surface area contributed by atoms with Gasteiger partial charge in [-0.15, -0.1) is 0 Å². The van der Waals surface area contributed by atoms with Crippen LogP contribution in [0.25, 0.3) is 0 Å². The fraction of sp³-hybridized carbons (Fsp3) is 0.588. The summed E-state index contributed by atoms with van der Waals surface area (Å²) in [6, 6.07) is 10.9. The first kappa shape index (κ1) is 13.3. The van der Waals surface area contributed by atoms with Gasteiger partial charge in [0.15, 0.2) is 0 Å². The molecule has 1 aromatic carbocycles. The highest BCUT2D eigenvalue weighted by molar-refractivity contribution is 5.79. The van der Waals surface area contributed by atoms with E-state index < -0.39 is 0 Å². The molecule has 0 aliphatic heterocycles. The molecule has 1 aliphatic rings. The van der Waals surface area contributed by atoms with Crippen molar-refractivity contribution < 1.29 is 0 Å². The van der Waals surface area contributed by atoms with E-state index in [4.69, 9.17) is 4.99 Å². The van der Waals surface area contributed by atoms with E-state index in [1.165, 1.54) is 24.8 Å². The maximum absolute atomic E-state index is 4.82. The molecular weight excluding hydrogens is 218 g/mol. The molecule has 2 rings (SSSR count). The lowest BCUT2D eigenvalue weighted by molar-refractivity contribution is 0.0999. The summed E-state index contributed by atoms with van der Waals surface area (Å²) < 4.78 is 0. The lowest BCUT2D eigenvalue weighted by Gasteiger charge is -2.43. The number of hydrogen-bond donors (Lipinski definition) is 0. The Labute approximate surface area is 111 Å². The van der Waals surface area contributed by atoms with Crippen LogP contribution >= 0.6 is 0 Å². The van der Waals surface area contributed by atoms with Crippen LogP contribution in [0, 0.1) is 10.8 Å². The van der Waals surface area contributed by atoms with Gasteiger partial charge in [-0.1, -0.05) is 58.0 Å². The normalized spacial score (nSPS) is 23.3. The zero-order valence-corrected chi connectivity index (χ0v) is 12.1. The Kier molecular flexibility index (Phi) is 3.61. The van der Waals surface area contributed by atoms with Crippen molar-refractivity contribution in [2.75, 3.05) is 0 Å². The summed E-state index contributed by atoms with van der Waals surface area (Å²) in [5.74, 6) is 0. The van der Waals surface area contributed by atoms with Crippen LogP contribution in [0.3, 0.4) is 0 Å². The molecule has 0 amide bonds. The third-order valence-corrected chi connectivity index (χ3v) is 3.77. The van der Waals surface area contributed by atoms with E-state index in [0.717, 1.165) is 0 Å². The molecule has 0 aromatic heterocycles. The monoisotopic (exact) mass is 243 g/mol. The quantitative estimate of drug-likeness (QED) is 0.667. The Morgan fingerprint density at radius 3 is 2.11 bits per heavy atom. The summed E-state index contributed by atoms with van der Waals surface area (Å²) in [6.07, 6.45) is 5.76. The van der Waals surface area contributed by atoms with Crippen LogP contribution in [0.2, 0.25) is 0 Å². The first-order valence-electron chi connectivity index (χ1n) is 6.95. The van der Waals surface area contributed by atoms with E-state index in [2.05, 4.69) is 52.0 Å². The van der Waals surface area contributed by atoms with E-state index in [0.29, 0.717) is 16.9 Å². The van der Waals surface area contributed by atoms with E-state index in [9.17, 15) is 0 Å². The van der Waals surface area contributed by atoms with Gasteiger partial charge in [-0.2, -0.15) is 0 Å². The third-order valence-electron chi connectivity index (χ3n) is 3.77. The van der Waals surface area contributed by atoms with Crippen molar-refractivity contribution in [1.29, 1.82) is 0 Å². The summed E-state index contributed by atoms with van der Waals surface area (Å²) >= 11 is 0. The van der Waals surface area contributed by atoms with Gasteiger partial charge in [0.1, 0.15) is 0 Å². The predicted octanol–water partition coefficient (Wildman–Crippen LogP) is 4.71. The first-order chi connectivity index (χ1) is 8.36. The first-order valence-corrected chi connectivity index (χ1v) is 6.95. The predicted molar refractivity (Wildman–Crippen MR) is 79.2 cm³/mol. The number of benzene rings is 1. The van der Waals surface area contributed by atoms with Crippen molar-refractivity contribution in [1.82, 2.24) is 0 Å². The van der Waals surface area contributed by atoms with Crippen molar-refractivity contribution in [2.24, 2.45) is 15.8 Å². The van der Waals surface area contributed by atoms with Gasteiger partial charge in [-0.05, 0) is 35.7 Å². The molecule has 1 heteroatoms. The van der Waals surface area contributed by atoms with Gasteiger partial charge in [0.2, 0.25) is 0 Å². The Balaban J connectivity index is 2.07. The van der Waals surface area contributed by atoms with Crippen molar-refractivity contribution in [3.63, 3.8) is 0 Å². The summed E-state index contributed by atoms with van der Waals surface area (Å²) in [5, 5.41) is 0. The molecule has 0 radical (unpaired) electrons. The zero-order chi connectivity index (χ0) is 13.2. The largest absolute Gasteiger partial charge is 0.289 e. The molecule has 0 atom stereocenters. The minimum Gasteiger partial charge on any atom is -0.289 e. The molecule has 0 heterocycles. The van der Waals surface area contributed by atoms with Crippen molar-refractivity contribution >= 4 is 6.21 Å². The summed E-state index contributed by atoms with van der Waals surface area (Å²) in [7, 11) is 0. The highest BCUT2D eigenvalue weighted by atomic mass is 14.8. The fourth-order valence-corrected chi connectivity index (χ4v) is 3.62. The molecule has 98 valence electrons. The highest BCUT2D eigenvalue weighted by Gasteiger charge is 2.38. The molecule has 1 saturated carbocycles. The highest BCUT2D eigenvalue weighted by Crippen LogP contribution is 2.46. The van der Waals surface area contributed by atoms with Gasteiger partial charge < -0.3 is 0 Å². The number of aliphatic imine (C=N–C) groups is 1. The van der Waals surface area contributed by atoms with Crippen molar-refractivity contribution in [3.8, 4) is 0 Å². The van der Waals surface area contributed by atoms with Gasteiger partial charge in [0.25, 0.3) is 0 Å². The summed E-state index contributed by atoms with van der Waals surface area (Å²) in [6.45, 7) is 9.50. The van der Waals surface area contributed by atoms with Gasteiger partial charge in [-0.25, -0.2) is 0 Å². The molecular formula is C17H25N. The second-order valence-corrected chi connectivity index (χ2v) is 7.26. The maximum atomic E-state index is 4.82. The van der Waals surface area contributed by atoms with E-state index in [-0.39, 0.29) is 0 Å². The molecule has 0 N–H and O–H groups in total. The molecule has 1 aliphatic carbocycles. The number of hydrogen-bond acceptors (Lipinski definition) is 1. The van der Waals surface area contributed by atoms with Crippen LogP contribution < -0.4 is 0 Å². The zero-order valence-electron chi connectivity index (χ0n) is 12.1.